The highest BCUT2D eigenvalue weighted by Crippen LogP contribution is 2.33. The number of thiophene rings is 1. The Labute approximate surface area is 203 Å². The molecule has 0 radical (unpaired) electrons. The van der Waals surface area contributed by atoms with E-state index in [1.54, 1.807) is 9.58 Å². The lowest BCUT2D eigenvalue weighted by Crippen LogP contribution is -2.50. The summed E-state index contributed by atoms with van der Waals surface area (Å²) < 4.78 is 1.59. The Bertz CT molecular complexity index is 1290. The van der Waals surface area contributed by atoms with Gasteiger partial charge in [0.15, 0.2) is 0 Å². The molecule has 1 atom stereocenters. The quantitative estimate of drug-likeness (QED) is 0.419. The van der Waals surface area contributed by atoms with E-state index in [4.69, 9.17) is 0 Å². The molecule has 176 valence electrons. The van der Waals surface area contributed by atoms with Crippen LogP contribution in [0.1, 0.15) is 44.9 Å². The van der Waals surface area contributed by atoms with Crippen LogP contribution in [0.5, 0.6) is 0 Å². The molecule has 2 aromatic heterocycles. The number of amides is 2. The molecule has 0 unspecified atom stereocenters. The van der Waals surface area contributed by atoms with Gasteiger partial charge >= 0.3 is 0 Å². The van der Waals surface area contributed by atoms with Gasteiger partial charge < -0.3 is 5.32 Å². The molecule has 0 fully saturated rings. The molecule has 0 spiro atoms. The van der Waals surface area contributed by atoms with E-state index in [0.29, 0.717) is 0 Å². The first-order valence-electron chi connectivity index (χ1n) is 11.3. The zero-order valence-corrected chi connectivity index (χ0v) is 20.7. The number of anilines is 1. The van der Waals surface area contributed by atoms with Gasteiger partial charge in [-0.3, -0.25) is 14.5 Å². The number of hydrogen-bond acceptors (Lipinski definition) is 5. The van der Waals surface area contributed by atoms with Crippen LogP contribution < -0.4 is 10.2 Å². The molecule has 0 aliphatic rings. The van der Waals surface area contributed by atoms with Crippen LogP contribution in [0.3, 0.4) is 0 Å². The second-order valence-electron chi connectivity index (χ2n) is 9.18. The van der Waals surface area contributed by atoms with Gasteiger partial charge in [-0.15, -0.1) is 5.10 Å². The highest BCUT2D eigenvalue weighted by molar-refractivity contribution is 7.08. The second-order valence-corrected chi connectivity index (χ2v) is 9.96. The van der Waals surface area contributed by atoms with E-state index >= 15 is 0 Å². The third-order valence-corrected chi connectivity index (χ3v) is 6.17. The third kappa shape index (κ3) is 5.02. The van der Waals surface area contributed by atoms with Crippen LogP contribution in [0, 0.1) is 0 Å². The minimum atomic E-state index is -0.819. The van der Waals surface area contributed by atoms with Crippen molar-refractivity contribution in [2.24, 2.45) is 0 Å². The third-order valence-electron chi connectivity index (χ3n) is 5.47. The molecule has 0 aliphatic heterocycles. The van der Waals surface area contributed by atoms with Gasteiger partial charge in [0, 0.05) is 11.2 Å². The molecule has 2 aromatic carbocycles. The molecule has 0 aliphatic carbocycles. The summed E-state index contributed by atoms with van der Waals surface area (Å²) in [5.74, 6) is -0.467. The van der Waals surface area contributed by atoms with Crippen LogP contribution >= 0.6 is 11.3 Å². The molecular weight excluding hydrogens is 446 g/mol. The molecule has 0 saturated heterocycles. The highest BCUT2D eigenvalue weighted by Gasteiger charge is 2.35. The largest absolute Gasteiger partial charge is 0.349 e. The van der Waals surface area contributed by atoms with Gasteiger partial charge in [0.1, 0.15) is 18.1 Å². The number of carbonyl (C=O) groups is 2. The van der Waals surface area contributed by atoms with Gasteiger partial charge in [0.2, 0.25) is 11.8 Å². The number of aryl methyl sites for hydroxylation is 1. The van der Waals surface area contributed by atoms with Crippen molar-refractivity contribution < 1.29 is 9.59 Å². The van der Waals surface area contributed by atoms with Gasteiger partial charge in [-0.2, -0.15) is 11.3 Å². The average molecular weight is 476 g/mol. The SMILES string of the molecule is CCc1ccccc1N(C(=O)Cn1nnc2ccccc21)[C@@H](C(=O)NC(C)(C)C)c1ccsc1. The predicted octanol–water partition coefficient (Wildman–Crippen LogP) is 4.74. The van der Waals surface area contributed by atoms with Gasteiger partial charge in [-0.1, -0.05) is 42.5 Å². The first kappa shape index (κ1) is 23.6. The van der Waals surface area contributed by atoms with E-state index < -0.39 is 11.6 Å². The van der Waals surface area contributed by atoms with E-state index in [9.17, 15) is 9.59 Å². The van der Waals surface area contributed by atoms with Crippen molar-refractivity contribution in [3.8, 4) is 0 Å². The second kappa shape index (κ2) is 9.77. The van der Waals surface area contributed by atoms with Gasteiger partial charge in [0.05, 0.1) is 5.52 Å². The van der Waals surface area contributed by atoms with Crippen molar-refractivity contribution in [2.75, 3.05) is 4.90 Å². The Morgan fingerprint density at radius 3 is 2.53 bits per heavy atom. The molecule has 2 heterocycles. The molecule has 0 bridgehead atoms. The van der Waals surface area contributed by atoms with E-state index in [0.717, 1.165) is 34.3 Å². The maximum absolute atomic E-state index is 14.0. The molecule has 2 amide bonds. The number of aromatic nitrogens is 3. The van der Waals surface area contributed by atoms with E-state index in [2.05, 4.69) is 15.6 Å². The monoisotopic (exact) mass is 475 g/mol. The molecule has 8 heteroatoms. The van der Waals surface area contributed by atoms with Crippen molar-refractivity contribution >= 4 is 39.9 Å². The van der Waals surface area contributed by atoms with Gasteiger partial charge in [0.25, 0.3) is 0 Å². The summed E-state index contributed by atoms with van der Waals surface area (Å²) in [4.78, 5) is 29.3. The van der Waals surface area contributed by atoms with Crippen molar-refractivity contribution in [3.63, 3.8) is 0 Å². The van der Waals surface area contributed by atoms with E-state index in [1.807, 2.05) is 93.1 Å². The average Bonchev–Trinajstić information content (AvgIpc) is 3.46. The molecule has 34 heavy (non-hydrogen) atoms. The number of hydrogen-bond donors (Lipinski definition) is 1. The Balaban J connectivity index is 1.82. The zero-order chi connectivity index (χ0) is 24.3. The van der Waals surface area contributed by atoms with Crippen LogP contribution in [-0.2, 0) is 22.6 Å². The maximum Gasteiger partial charge on any atom is 0.249 e. The number of carbonyl (C=O) groups excluding carboxylic acids is 2. The summed E-state index contributed by atoms with van der Waals surface area (Å²) in [6.45, 7) is 7.80. The number of benzene rings is 2. The number of nitrogens with one attached hydrogen (secondary N) is 1. The minimum absolute atomic E-state index is 0.0397. The molecule has 4 rings (SSSR count). The number of nitrogens with zero attached hydrogens (tertiary/aromatic N) is 4. The smallest absolute Gasteiger partial charge is 0.249 e. The van der Waals surface area contributed by atoms with E-state index in [1.165, 1.54) is 11.3 Å². The van der Waals surface area contributed by atoms with Crippen LogP contribution in [0.2, 0.25) is 0 Å². The predicted molar refractivity (Wildman–Crippen MR) is 136 cm³/mol. The van der Waals surface area contributed by atoms with Crippen molar-refractivity contribution in [1.29, 1.82) is 0 Å². The normalized spacial score (nSPS) is 12.5. The van der Waals surface area contributed by atoms with Crippen LogP contribution in [0.25, 0.3) is 11.0 Å². The number of para-hydroxylation sites is 2. The lowest BCUT2D eigenvalue weighted by Gasteiger charge is -2.34. The Kier molecular flexibility index (Phi) is 6.79. The lowest BCUT2D eigenvalue weighted by molar-refractivity contribution is -0.128. The van der Waals surface area contributed by atoms with Crippen LogP contribution in [0.15, 0.2) is 65.4 Å². The topological polar surface area (TPSA) is 80.1 Å². The zero-order valence-electron chi connectivity index (χ0n) is 19.9. The Hall–Kier alpha value is -3.52. The van der Waals surface area contributed by atoms with Crippen molar-refractivity contribution in [2.45, 2.75) is 52.2 Å². The Morgan fingerprint density at radius 1 is 1.09 bits per heavy atom. The standard InChI is InChI=1S/C26H29N5O2S/c1-5-18-10-6-8-12-21(18)31(23(32)16-30-22-13-9-7-11-20(22)28-29-30)24(19-14-15-34-17-19)25(33)27-26(2,3)4/h6-15,17,24H,5,16H2,1-4H3,(H,27,33)/t24-/m1/s1. The highest BCUT2D eigenvalue weighted by atomic mass is 32.1. The molecular formula is C26H29N5O2S. The van der Waals surface area contributed by atoms with E-state index in [-0.39, 0.29) is 18.4 Å². The van der Waals surface area contributed by atoms with Gasteiger partial charge in [-0.25, -0.2) is 4.68 Å². The van der Waals surface area contributed by atoms with Crippen molar-refractivity contribution in [1.82, 2.24) is 20.3 Å². The lowest BCUT2D eigenvalue weighted by atomic mass is 10.0. The van der Waals surface area contributed by atoms with Gasteiger partial charge in [-0.05, 0) is 73.3 Å². The summed E-state index contributed by atoms with van der Waals surface area (Å²) in [5.41, 5.74) is 3.52. The molecule has 7 nitrogen and oxygen atoms in total. The van der Waals surface area contributed by atoms with Crippen LogP contribution in [0.4, 0.5) is 5.69 Å². The fraction of sp³-hybridized carbons (Fsp3) is 0.308. The summed E-state index contributed by atoms with van der Waals surface area (Å²) >= 11 is 1.50. The summed E-state index contributed by atoms with van der Waals surface area (Å²) in [5, 5.41) is 15.3. The molecule has 0 saturated carbocycles. The summed E-state index contributed by atoms with van der Waals surface area (Å²) in [6, 6.07) is 16.3. The van der Waals surface area contributed by atoms with Crippen molar-refractivity contribution in [3.05, 3.63) is 76.5 Å². The fourth-order valence-corrected chi connectivity index (χ4v) is 4.67. The number of fused-ring (bicyclic) bond motifs is 1. The Morgan fingerprint density at radius 2 is 1.82 bits per heavy atom. The molecule has 1 N–H and O–H groups in total. The minimum Gasteiger partial charge on any atom is -0.349 e. The first-order chi connectivity index (χ1) is 16.3. The maximum atomic E-state index is 14.0. The molecule has 4 aromatic rings. The number of rotatable bonds is 7. The summed E-state index contributed by atoms with van der Waals surface area (Å²) in [6.07, 6.45) is 0.726. The van der Waals surface area contributed by atoms with Crippen LogP contribution in [-0.4, -0.2) is 32.3 Å². The first-order valence-corrected chi connectivity index (χ1v) is 12.2. The summed E-state index contributed by atoms with van der Waals surface area (Å²) in [7, 11) is 0. The fourth-order valence-electron chi connectivity index (χ4n) is 3.99.